The average molecular weight is 278 g/mol. The lowest BCUT2D eigenvalue weighted by molar-refractivity contribution is 0.505. The molecule has 0 heterocycles. The Morgan fingerprint density at radius 3 is 1.65 bits per heavy atom. The summed E-state index contributed by atoms with van der Waals surface area (Å²) in [6.45, 7) is 2.07. The number of hydrogen-bond donors (Lipinski definition) is 0. The molecule has 17 heavy (non-hydrogen) atoms. The van der Waals surface area contributed by atoms with Crippen molar-refractivity contribution in [2.75, 3.05) is 33.7 Å². The van der Waals surface area contributed by atoms with Gasteiger partial charge in [-0.15, -0.1) is 11.6 Å². The van der Waals surface area contributed by atoms with Crippen LogP contribution in [0.15, 0.2) is 24.3 Å². The lowest BCUT2D eigenvalue weighted by atomic mass is 10.2. The fraction of sp³-hybridized carbons (Fsp3) is 0.538. The molecule has 1 aromatic rings. The maximum atomic E-state index is 9.56. The van der Waals surface area contributed by atoms with Crippen LogP contribution in [0.3, 0.4) is 0 Å². The number of alkyl halides is 1. The van der Waals surface area contributed by atoms with Gasteiger partial charge in [-0.25, -0.2) is 0 Å². The van der Waals surface area contributed by atoms with Gasteiger partial charge in [-0.05, 0) is 33.6 Å². The summed E-state index contributed by atoms with van der Waals surface area (Å²) in [5.74, 6) is 0.611. The molecular formula is C13H24ClNOS. The van der Waals surface area contributed by atoms with Gasteiger partial charge in [-0.2, -0.15) is 0 Å². The Hall–Kier alpha value is -0.220. The Labute approximate surface area is 114 Å². The number of benzene rings is 1. The molecule has 100 valence electrons. The van der Waals surface area contributed by atoms with Gasteiger partial charge in [-0.3, -0.25) is 0 Å². The summed E-state index contributed by atoms with van der Waals surface area (Å²) in [6.07, 6.45) is 3.28. The van der Waals surface area contributed by atoms with Gasteiger partial charge in [0.2, 0.25) is 0 Å². The van der Waals surface area contributed by atoms with Crippen LogP contribution in [0.5, 0.6) is 0 Å². The standard InChI is InChI=1S/C8H9Cl.C3H9N.C2H6OS/c1-7-2-4-8(6-9)5-3-7;2*1-4(2)3/h2-5H,6H2,1H3;1-3H3;1-2H3. The Kier molecular flexibility index (Phi) is 13.8. The molecule has 0 saturated heterocycles. The van der Waals surface area contributed by atoms with Gasteiger partial charge in [0.15, 0.2) is 0 Å². The summed E-state index contributed by atoms with van der Waals surface area (Å²) < 4.78 is 9.56. The Morgan fingerprint density at radius 1 is 1.12 bits per heavy atom. The first-order valence-corrected chi connectivity index (χ1v) is 7.77. The van der Waals surface area contributed by atoms with E-state index in [4.69, 9.17) is 11.6 Å². The summed E-state index contributed by atoms with van der Waals surface area (Å²) in [5, 5.41) is 0. The molecule has 4 heteroatoms. The van der Waals surface area contributed by atoms with Crippen molar-refractivity contribution in [3.05, 3.63) is 35.4 Å². The van der Waals surface area contributed by atoms with E-state index < -0.39 is 11.2 Å². The second kappa shape index (κ2) is 12.2. The van der Waals surface area contributed by atoms with Crippen molar-refractivity contribution < 1.29 is 4.55 Å². The smallest absolute Gasteiger partial charge is 0.0946 e. The molecule has 0 aromatic heterocycles. The quantitative estimate of drug-likeness (QED) is 0.583. The van der Waals surface area contributed by atoms with Crippen LogP contribution in [0.1, 0.15) is 11.1 Å². The number of nitrogens with zero attached hydrogens (tertiary/aromatic N) is 1. The molecule has 0 aliphatic heterocycles. The van der Waals surface area contributed by atoms with E-state index in [0.717, 1.165) is 0 Å². The van der Waals surface area contributed by atoms with E-state index in [-0.39, 0.29) is 0 Å². The molecule has 0 unspecified atom stereocenters. The summed E-state index contributed by atoms with van der Waals surface area (Å²) in [5.41, 5.74) is 2.46. The minimum Gasteiger partial charge on any atom is -0.617 e. The Morgan fingerprint density at radius 2 is 1.41 bits per heavy atom. The van der Waals surface area contributed by atoms with Crippen LogP contribution in [0.25, 0.3) is 0 Å². The van der Waals surface area contributed by atoms with Gasteiger partial charge in [0, 0.05) is 5.88 Å². The molecule has 0 aliphatic carbocycles. The number of aryl methyl sites for hydroxylation is 1. The number of halogens is 1. The minimum atomic E-state index is -0.611. The number of rotatable bonds is 1. The van der Waals surface area contributed by atoms with Crippen molar-refractivity contribution in [2.45, 2.75) is 12.8 Å². The predicted molar refractivity (Wildman–Crippen MR) is 80.3 cm³/mol. The van der Waals surface area contributed by atoms with E-state index in [0.29, 0.717) is 5.88 Å². The Balaban J connectivity index is 0. The van der Waals surface area contributed by atoms with Crippen LogP contribution in [-0.4, -0.2) is 43.1 Å². The lowest BCUT2D eigenvalue weighted by Gasteiger charge is -1.93. The summed E-state index contributed by atoms with van der Waals surface area (Å²) in [6, 6.07) is 8.22. The van der Waals surface area contributed by atoms with Crippen LogP contribution < -0.4 is 0 Å². The second-order valence-electron chi connectivity index (χ2n) is 4.20. The zero-order valence-corrected chi connectivity index (χ0v) is 13.2. The fourth-order valence-corrected chi connectivity index (χ4v) is 0.855. The van der Waals surface area contributed by atoms with E-state index in [1.807, 2.05) is 38.2 Å². The molecule has 0 aliphatic rings. The normalized spacial score (nSPS) is 9.29. The predicted octanol–water partition coefficient (Wildman–Crippen LogP) is 2.91. The highest BCUT2D eigenvalue weighted by atomic mass is 35.5. The monoisotopic (exact) mass is 277 g/mol. The zero-order valence-electron chi connectivity index (χ0n) is 11.7. The molecule has 0 radical (unpaired) electrons. The van der Waals surface area contributed by atoms with E-state index in [1.165, 1.54) is 11.1 Å². The van der Waals surface area contributed by atoms with Gasteiger partial charge in [0.05, 0.1) is 12.5 Å². The van der Waals surface area contributed by atoms with Crippen LogP contribution in [0.4, 0.5) is 0 Å². The van der Waals surface area contributed by atoms with Crippen LogP contribution in [0, 0.1) is 6.92 Å². The highest BCUT2D eigenvalue weighted by Crippen LogP contribution is 2.04. The first kappa shape index (κ1) is 19.1. The molecule has 0 saturated carbocycles. The summed E-state index contributed by atoms with van der Waals surface area (Å²) in [7, 11) is 6.00. The van der Waals surface area contributed by atoms with Crippen molar-refractivity contribution in [1.82, 2.24) is 4.90 Å². The maximum Gasteiger partial charge on any atom is 0.0946 e. The van der Waals surface area contributed by atoms with Gasteiger partial charge >= 0.3 is 0 Å². The van der Waals surface area contributed by atoms with E-state index in [9.17, 15) is 4.55 Å². The largest absolute Gasteiger partial charge is 0.617 e. The van der Waals surface area contributed by atoms with Crippen LogP contribution >= 0.6 is 11.6 Å². The molecular weight excluding hydrogens is 254 g/mol. The van der Waals surface area contributed by atoms with Gasteiger partial charge in [0.1, 0.15) is 0 Å². The maximum absolute atomic E-state index is 9.56. The third-order valence-electron chi connectivity index (χ3n) is 1.27. The summed E-state index contributed by atoms with van der Waals surface area (Å²) in [4.78, 5) is 2.00. The minimum absolute atomic E-state index is 0.611. The highest BCUT2D eigenvalue weighted by molar-refractivity contribution is 7.89. The molecule has 0 atom stereocenters. The van der Waals surface area contributed by atoms with Crippen molar-refractivity contribution in [3.63, 3.8) is 0 Å². The molecule has 1 aromatic carbocycles. The zero-order chi connectivity index (χ0) is 13.8. The van der Waals surface area contributed by atoms with E-state index in [2.05, 4.69) is 19.1 Å². The molecule has 0 amide bonds. The van der Waals surface area contributed by atoms with E-state index >= 15 is 0 Å². The third-order valence-corrected chi connectivity index (χ3v) is 1.58. The van der Waals surface area contributed by atoms with Crippen molar-refractivity contribution in [1.29, 1.82) is 0 Å². The SMILES string of the molecule is CN(C)C.C[S+](C)[O-].Cc1ccc(CCl)cc1. The average Bonchev–Trinajstić information content (AvgIpc) is 2.17. The first-order chi connectivity index (χ1) is 7.79. The molecule has 2 nitrogen and oxygen atoms in total. The first-order valence-electron chi connectivity index (χ1n) is 5.27. The van der Waals surface area contributed by atoms with Gasteiger partial charge in [0.25, 0.3) is 0 Å². The van der Waals surface area contributed by atoms with Gasteiger partial charge in [-0.1, -0.05) is 41.0 Å². The molecule has 0 bridgehead atoms. The Bertz CT molecular complexity index is 251. The second-order valence-corrected chi connectivity index (χ2v) is 5.95. The molecule has 0 spiro atoms. The van der Waals surface area contributed by atoms with Crippen molar-refractivity contribution in [2.24, 2.45) is 0 Å². The topological polar surface area (TPSA) is 26.3 Å². The lowest BCUT2D eigenvalue weighted by Crippen LogP contribution is -1.99. The van der Waals surface area contributed by atoms with Gasteiger partial charge < -0.3 is 9.45 Å². The molecule has 0 fully saturated rings. The summed E-state index contributed by atoms with van der Waals surface area (Å²) >= 11 is 4.97. The van der Waals surface area contributed by atoms with Crippen molar-refractivity contribution in [3.8, 4) is 0 Å². The fourth-order valence-electron chi connectivity index (χ4n) is 0.677. The van der Waals surface area contributed by atoms with Crippen molar-refractivity contribution >= 4 is 22.8 Å². The van der Waals surface area contributed by atoms with Crippen LogP contribution in [-0.2, 0) is 17.1 Å². The third kappa shape index (κ3) is 21.6. The van der Waals surface area contributed by atoms with E-state index in [1.54, 1.807) is 12.5 Å². The highest BCUT2D eigenvalue weighted by Gasteiger charge is 1.86. The van der Waals surface area contributed by atoms with Crippen LogP contribution in [0.2, 0.25) is 0 Å². The number of hydrogen-bond acceptors (Lipinski definition) is 2. The molecule has 1 rings (SSSR count). The molecule has 0 N–H and O–H groups in total.